The minimum Gasteiger partial charge on any atom is -0.493 e. The number of hydrogen-bond donors (Lipinski definition) is 0. The van der Waals surface area contributed by atoms with Gasteiger partial charge in [-0.3, -0.25) is 0 Å². The van der Waals surface area contributed by atoms with Gasteiger partial charge in [-0.05, 0) is 30.7 Å². The molecule has 4 nitrogen and oxygen atoms in total. The average molecular weight is 317 g/mol. The molecule has 0 amide bonds. The smallest absolute Gasteiger partial charge is 0.127 e. The van der Waals surface area contributed by atoms with Crippen molar-refractivity contribution < 1.29 is 4.74 Å². The maximum absolute atomic E-state index is 5.96. The van der Waals surface area contributed by atoms with Gasteiger partial charge in [-0.2, -0.15) is 0 Å². The quantitative estimate of drug-likeness (QED) is 0.499. The first-order valence-corrected chi connectivity index (χ1v) is 8.34. The minimum atomic E-state index is 0.740. The monoisotopic (exact) mass is 317 g/mol. The molecule has 0 radical (unpaired) electrons. The average Bonchev–Trinajstić information content (AvgIpc) is 3.06. The molecule has 0 saturated heterocycles. The Morgan fingerprint density at radius 2 is 1.50 bits per heavy atom. The van der Waals surface area contributed by atoms with E-state index in [0.717, 1.165) is 52.7 Å². The number of unbranched alkanes of at least 4 members (excludes halogenated alkanes) is 1. The van der Waals surface area contributed by atoms with Crippen molar-refractivity contribution in [1.29, 1.82) is 0 Å². The number of benzene rings is 3. The molecule has 24 heavy (non-hydrogen) atoms. The Morgan fingerprint density at radius 1 is 0.833 bits per heavy atom. The van der Waals surface area contributed by atoms with Crippen LogP contribution in [-0.2, 0) is 0 Å². The van der Waals surface area contributed by atoms with Crippen LogP contribution < -0.4 is 4.74 Å². The van der Waals surface area contributed by atoms with Gasteiger partial charge >= 0.3 is 0 Å². The predicted molar refractivity (Wildman–Crippen MR) is 96.8 cm³/mol. The summed E-state index contributed by atoms with van der Waals surface area (Å²) >= 11 is 0. The number of nitrogens with zero attached hydrogens (tertiary/aromatic N) is 3. The predicted octanol–water partition coefficient (Wildman–Crippen LogP) is 4.75. The Labute approximate surface area is 140 Å². The van der Waals surface area contributed by atoms with E-state index < -0.39 is 0 Å². The van der Waals surface area contributed by atoms with Gasteiger partial charge in [0, 0.05) is 10.8 Å². The summed E-state index contributed by atoms with van der Waals surface area (Å²) in [4.78, 5) is 1.71. The molecule has 0 saturated carbocycles. The van der Waals surface area contributed by atoms with Crippen LogP contribution in [0, 0.1) is 0 Å². The lowest BCUT2D eigenvalue weighted by Gasteiger charge is -2.11. The van der Waals surface area contributed by atoms with Gasteiger partial charge in [0.2, 0.25) is 0 Å². The van der Waals surface area contributed by atoms with E-state index in [1.807, 2.05) is 48.5 Å². The van der Waals surface area contributed by atoms with Crippen molar-refractivity contribution >= 4 is 21.8 Å². The third kappa shape index (κ3) is 2.60. The number of rotatable bonds is 5. The Bertz CT molecular complexity index is 957. The minimum absolute atomic E-state index is 0.740. The number of ether oxygens (including phenoxy) is 1. The van der Waals surface area contributed by atoms with Crippen molar-refractivity contribution in [3.05, 3.63) is 60.7 Å². The van der Waals surface area contributed by atoms with Crippen LogP contribution in [0.1, 0.15) is 19.8 Å². The van der Waals surface area contributed by atoms with Crippen LogP contribution in [0.25, 0.3) is 27.5 Å². The van der Waals surface area contributed by atoms with Crippen molar-refractivity contribution in [3.63, 3.8) is 0 Å². The highest BCUT2D eigenvalue weighted by atomic mass is 16.5. The second-order valence-electron chi connectivity index (χ2n) is 5.81. The summed E-state index contributed by atoms with van der Waals surface area (Å²) in [5, 5.41) is 11.4. The van der Waals surface area contributed by atoms with E-state index in [4.69, 9.17) is 4.74 Å². The van der Waals surface area contributed by atoms with Gasteiger partial charge < -0.3 is 4.74 Å². The molecule has 0 aliphatic carbocycles. The summed E-state index contributed by atoms with van der Waals surface area (Å²) < 4.78 is 5.96. The fourth-order valence-electron chi connectivity index (χ4n) is 2.85. The zero-order chi connectivity index (χ0) is 16.4. The first-order valence-electron chi connectivity index (χ1n) is 8.34. The number of hydrogen-bond acceptors (Lipinski definition) is 3. The second kappa shape index (κ2) is 6.32. The SMILES string of the molecule is CCCCOc1ccc(-n2nc3ccccc3n2)c2ccccc12. The molecule has 120 valence electrons. The maximum Gasteiger partial charge on any atom is 0.127 e. The standard InChI is InChI=1S/C20H19N3O/c1-2-3-14-24-20-13-12-19(15-8-4-5-9-16(15)20)23-21-17-10-6-7-11-18(17)22-23/h4-13H,2-3,14H2,1H3. The Hall–Kier alpha value is -2.88. The molecular weight excluding hydrogens is 298 g/mol. The van der Waals surface area contributed by atoms with Crippen molar-refractivity contribution in [1.82, 2.24) is 15.0 Å². The first kappa shape index (κ1) is 14.7. The number of fused-ring (bicyclic) bond motifs is 2. The van der Waals surface area contributed by atoms with E-state index in [-0.39, 0.29) is 0 Å². The molecule has 0 atom stereocenters. The molecule has 3 aromatic carbocycles. The van der Waals surface area contributed by atoms with Gasteiger partial charge in [-0.15, -0.1) is 15.0 Å². The summed E-state index contributed by atoms with van der Waals surface area (Å²) in [6.07, 6.45) is 2.18. The molecular formula is C20H19N3O. The van der Waals surface area contributed by atoms with E-state index in [0.29, 0.717) is 0 Å². The zero-order valence-corrected chi connectivity index (χ0v) is 13.6. The lowest BCUT2D eigenvalue weighted by atomic mass is 10.1. The molecule has 0 spiro atoms. The lowest BCUT2D eigenvalue weighted by Crippen LogP contribution is -2.02. The van der Waals surface area contributed by atoms with E-state index in [1.165, 1.54) is 0 Å². The highest BCUT2D eigenvalue weighted by Gasteiger charge is 2.11. The van der Waals surface area contributed by atoms with Crippen LogP contribution >= 0.6 is 0 Å². The van der Waals surface area contributed by atoms with E-state index >= 15 is 0 Å². The van der Waals surface area contributed by atoms with Gasteiger partial charge in [-0.25, -0.2) is 0 Å². The van der Waals surface area contributed by atoms with Crippen LogP contribution in [0.5, 0.6) is 5.75 Å². The fraction of sp³-hybridized carbons (Fsp3) is 0.200. The van der Waals surface area contributed by atoms with Crippen LogP contribution in [0.2, 0.25) is 0 Å². The van der Waals surface area contributed by atoms with Crippen LogP contribution in [0.3, 0.4) is 0 Å². The lowest BCUT2D eigenvalue weighted by molar-refractivity contribution is 0.313. The molecule has 0 bridgehead atoms. The zero-order valence-electron chi connectivity index (χ0n) is 13.6. The van der Waals surface area contributed by atoms with Crippen LogP contribution in [-0.4, -0.2) is 21.6 Å². The van der Waals surface area contributed by atoms with E-state index in [2.05, 4.69) is 29.3 Å². The van der Waals surface area contributed by atoms with Crippen molar-refractivity contribution in [2.45, 2.75) is 19.8 Å². The molecule has 1 aromatic heterocycles. The topological polar surface area (TPSA) is 39.9 Å². The summed E-state index contributed by atoms with van der Waals surface area (Å²) in [6.45, 7) is 2.91. The molecule has 0 unspecified atom stereocenters. The third-order valence-corrected chi connectivity index (χ3v) is 4.12. The van der Waals surface area contributed by atoms with Gasteiger partial charge in [0.1, 0.15) is 16.8 Å². The Balaban J connectivity index is 1.82. The van der Waals surface area contributed by atoms with E-state index in [9.17, 15) is 0 Å². The normalized spacial score (nSPS) is 11.2. The van der Waals surface area contributed by atoms with Crippen molar-refractivity contribution in [2.75, 3.05) is 6.61 Å². The van der Waals surface area contributed by atoms with Crippen molar-refractivity contribution in [2.24, 2.45) is 0 Å². The third-order valence-electron chi connectivity index (χ3n) is 4.12. The van der Waals surface area contributed by atoms with Crippen LogP contribution in [0.4, 0.5) is 0 Å². The highest BCUT2D eigenvalue weighted by Crippen LogP contribution is 2.30. The summed E-state index contributed by atoms with van der Waals surface area (Å²) in [6, 6.07) is 20.2. The first-order chi connectivity index (χ1) is 11.9. The molecule has 4 rings (SSSR count). The Morgan fingerprint density at radius 3 is 2.21 bits per heavy atom. The largest absolute Gasteiger partial charge is 0.493 e. The van der Waals surface area contributed by atoms with Crippen LogP contribution in [0.15, 0.2) is 60.7 Å². The molecule has 0 aliphatic rings. The molecule has 0 N–H and O–H groups in total. The molecule has 4 heteroatoms. The maximum atomic E-state index is 5.96. The van der Waals surface area contributed by atoms with Gasteiger partial charge in [-0.1, -0.05) is 49.7 Å². The molecule has 1 heterocycles. The van der Waals surface area contributed by atoms with Gasteiger partial charge in [0.25, 0.3) is 0 Å². The van der Waals surface area contributed by atoms with E-state index in [1.54, 1.807) is 4.80 Å². The number of aromatic nitrogens is 3. The summed E-state index contributed by atoms with van der Waals surface area (Å²) in [7, 11) is 0. The van der Waals surface area contributed by atoms with Crippen molar-refractivity contribution in [3.8, 4) is 11.4 Å². The van der Waals surface area contributed by atoms with Gasteiger partial charge in [0.05, 0.1) is 12.3 Å². The molecule has 0 aliphatic heterocycles. The highest BCUT2D eigenvalue weighted by molar-refractivity contribution is 5.94. The Kier molecular flexibility index (Phi) is 3.87. The molecule has 0 fully saturated rings. The summed E-state index contributed by atoms with van der Waals surface area (Å²) in [5.74, 6) is 0.916. The van der Waals surface area contributed by atoms with Gasteiger partial charge in [0.15, 0.2) is 0 Å². The fourth-order valence-corrected chi connectivity index (χ4v) is 2.85. The second-order valence-corrected chi connectivity index (χ2v) is 5.81. The molecule has 4 aromatic rings. The summed E-state index contributed by atoms with van der Waals surface area (Å²) in [5.41, 5.74) is 2.75.